The number of phenolic OH excluding ortho intramolecular Hbond substituents is 1. The van der Waals surface area contributed by atoms with Crippen LogP contribution in [0.25, 0.3) is 0 Å². The van der Waals surface area contributed by atoms with Gasteiger partial charge in [0, 0.05) is 37.8 Å². The molecule has 0 aromatic heterocycles. The van der Waals surface area contributed by atoms with Crippen LogP contribution in [-0.4, -0.2) is 63.6 Å². The lowest BCUT2D eigenvalue weighted by Gasteiger charge is -2.38. The molecule has 2 heterocycles. The van der Waals surface area contributed by atoms with Gasteiger partial charge in [-0.25, -0.2) is 4.79 Å². The third kappa shape index (κ3) is 5.70. The number of rotatable bonds is 6. The van der Waals surface area contributed by atoms with Gasteiger partial charge in [-0.2, -0.15) is 0 Å². The standard InChI is InChI=1S/C26H30ClN3O5/c1-16-12-17(14-21(27)24(16)32)13-19(25(33)34)15-23(31)29-9-7-20(8-10-29)30-11-6-18-4-2-3-5-22(18)28-26(30)35/h2-5,12,14,19-20,32H,6-11,13,15H2,1H3,(H,28,35)(H,33,34)/t19-/m0/s1. The normalized spacial score (nSPS) is 17.4. The van der Waals surface area contributed by atoms with Gasteiger partial charge in [0.15, 0.2) is 0 Å². The van der Waals surface area contributed by atoms with Gasteiger partial charge in [0.2, 0.25) is 5.91 Å². The summed E-state index contributed by atoms with van der Waals surface area (Å²) in [7, 11) is 0. The molecule has 0 spiro atoms. The third-order valence-corrected chi connectivity index (χ3v) is 7.25. The van der Waals surface area contributed by atoms with Crippen molar-refractivity contribution < 1.29 is 24.6 Å². The van der Waals surface area contributed by atoms with E-state index in [1.807, 2.05) is 29.2 Å². The van der Waals surface area contributed by atoms with Crippen LogP contribution in [0.15, 0.2) is 36.4 Å². The molecule has 1 fully saturated rings. The number of hydrogen-bond acceptors (Lipinski definition) is 4. The number of carboxylic acids is 1. The summed E-state index contributed by atoms with van der Waals surface area (Å²) in [6, 6.07) is 10.9. The summed E-state index contributed by atoms with van der Waals surface area (Å²) in [6.07, 6.45) is 2.11. The topological polar surface area (TPSA) is 110 Å². The number of phenols is 1. The summed E-state index contributed by atoms with van der Waals surface area (Å²) in [5, 5.41) is 22.7. The van der Waals surface area contributed by atoms with Crippen molar-refractivity contribution in [2.75, 3.05) is 25.0 Å². The molecule has 1 atom stereocenters. The number of urea groups is 1. The number of piperidine rings is 1. The quantitative estimate of drug-likeness (QED) is 0.555. The van der Waals surface area contributed by atoms with Gasteiger partial charge in [0.1, 0.15) is 5.75 Å². The summed E-state index contributed by atoms with van der Waals surface area (Å²) in [5.74, 6) is -2.17. The fourth-order valence-electron chi connectivity index (χ4n) is 4.96. The first kappa shape index (κ1) is 24.9. The first-order chi connectivity index (χ1) is 16.7. The van der Waals surface area contributed by atoms with E-state index in [4.69, 9.17) is 11.6 Å². The van der Waals surface area contributed by atoms with Crippen molar-refractivity contribution >= 4 is 35.2 Å². The molecule has 0 unspecified atom stereocenters. The van der Waals surface area contributed by atoms with Crippen LogP contribution in [0.5, 0.6) is 5.75 Å². The fourth-order valence-corrected chi connectivity index (χ4v) is 5.25. The lowest BCUT2D eigenvalue weighted by atomic mass is 9.94. The number of carbonyl (C=O) groups is 3. The highest BCUT2D eigenvalue weighted by Crippen LogP contribution is 2.30. The largest absolute Gasteiger partial charge is 0.506 e. The van der Waals surface area contributed by atoms with E-state index in [0.29, 0.717) is 43.6 Å². The van der Waals surface area contributed by atoms with Gasteiger partial charge >= 0.3 is 12.0 Å². The van der Waals surface area contributed by atoms with Crippen LogP contribution in [0.1, 0.15) is 36.0 Å². The molecule has 9 heteroatoms. The number of benzene rings is 2. The summed E-state index contributed by atoms with van der Waals surface area (Å²) in [5.41, 5.74) is 3.18. The van der Waals surface area contributed by atoms with Crippen LogP contribution in [0.3, 0.4) is 0 Å². The molecular weight excluding hydrogens is 470 g/mol. The maximum Gasteiger partial charge on any atom is 0.322 e. The Hall–Kier alpha value is -3.26. The Kier molecular flexibility index (Phi) is 7.50. The van der Waals surface area contributed by atoms with E-state index in [-0.39, 0.29) is 41.6 Å². The Morgan fingerprint density at radius 1 is 1.17 bits per heavy atom. The van der Waals surface area contributed by atoms with Crippen LogP contribution in [-0.2, 0) is 22.4 Å². The molecule has 3 N–H and O–H groups in total. The number of nitrogens with one attached hydrogen (secondary N) is 1. The van der Waals surface area contributed by atoms with E-state index in [2.05, 4.69) is 5.32 Å². The zero-order chi connectivity index (χ0) is 25.1. The predicted octanol–water partition coefficient (Wildman–Crippen LogP) is 4.07. The second-order valence-electron chi connectivity index (χ2n) is 9.33. The minimum atomic E-state index is -1.05. The van der Waals surface area contributed by atoms with Crippen LogP contribution in [0.4, 0.5) is 10.5 Å². The Morgan fingerprint density at radius 3 is 2.57 bits per heavy atom. The molecular formula is C26H30ClN3O5. The Bertz CT molecular complexity index is 1110. The first-order valence-corrected chi connectivity index (χ1v) is 12.2. The number of halogens is 1. The first-order valence-electron chi connectivity index (χ1n) is 11.9. The highest BCUT2D eigenvalue weighted by molar-refractivity contribution is 6.32. The van der Waals surface area contributed by atoms with E-state index in [9.17, 15) is 24.6 Å². The van der Waals surface area contributed by atoms with E-state index < -0.39 is 11.9 Å². The number of anilines is 1. The summed E-state index contributed by atoms with van der Waals surface area (Å²) in [4.78, 5) is 41.2. The van der Waals surface area contributed by atoms with Crippen LogP contribution in [0.2, 0.25) is 5.02 Å². The molecule has 0 bridgehead atoms. The molecule has 2 aliphatic heterocycles. The molecule has 0 radical (unpaired) electrons. The maximum absolute atomic E-state index is 12.9. The summed E-state index contributed by atoms with van der Waals surface area (Å²) >= 11 is 6.03. The smallest absolute Gasteiger partial charge is 0.322 e. The summed E-state index contributed by atoms with van der Waals surface area (Å²) in [6.45, 7) is 3.28. The van der Waals surface area contributed by atoms with E-state index in [0.717, 1.165) is 17.7 Å². The molecule has 1 saturated heterocycles. The maximum atomic E-state index is 12.9. The molecule has 2 aromatic carbocycles. The van der Waals surface area contributed by atoms with Crippen molar-refractivity contribution in [1.82, 2.24) is 9.80 Å². The van der Waals surface area contributed by atoms with Gasteiger partial charge in [-0.3, -0.25) is 9.59 Å². The molecule has 4 rings (SSSR count). The number of amides is 3. The molecule has 0 saturated carbocycles. The number of para-hydroxylation sites is 1. The predicted molar refractivity (Wildman–Crippen MR) is 133 cm³/mol. The number of carboxylic acid groups (broad SMARTS) is 1. The Labute approximate surface area is 209 Å². The van der Waals surface area contributed by atoms with Crippen LogP contribution >= 0.6 is 11.6 Å². The molecule has 35 heavy (non-hydrogen) atoms. The Morgan fingerprint density at radius 2 is 1.89 bits per heavy atom. The van der Waals surface area contributed by atoms with Gasteiger partial charge < -0.3 is 25.3 Å². The average Bonchev–Trinajstić information content (AvgIpc) is 3.00. The van der Waals surface area contributed by atoms with E-state index in [1.54, 1.807) is 24.0 Å². The number of fused-ring (bicyclic) bond motifs is 1. The third-order valence-electron chi connectivity index (χ3n) is 6.97. The number of aryl methyl sites for hydroxylation is 1. The van der Waals surface area contributed by atoms with Crippen molar-refractivity contribution in [2.24, 2.45) is 5.92 Å². The molecule has 186 valence electrons. The van der Waals surface area contributed by atoms with Crippen LogP contribution < -0.4 is 5.32 Å². The minimum Gasteiger partial charge on any atom is -0.506 e. The Balaban J connectivity index is 1.33. The van der Waals surface area contributed by atoms with Crippen molar-refractivity contribution in [1.29, 1.82) is 0 Å². The van der Waals surface area contributed by atoms with Crippen molar-refractivity contribution in [3.05, 3.63) is 58.1 Å². The van der Waals surface area contributed by atoms with E-state index >= 15 is 0 Å². The fraction of sp³-hybridized carbons (Fsp3) is 0.423. The molecule has 2 aliphatic rings. The second-order valence-corrected chi connectivity index (χ2v) is 9.74. The second kappa shape index (κ2) is 10.6. The monoisotopic (exact) mass is 499 g/mol. The number of hydrogen-bond donors (Lipinski definition) is 3. The lowest BCUT2D eigenvalue weighted by Crippen LogP contribution is -2.50. The highest BCUT2D eigenvalue weighted by Gasteiger charge is 2.32. The number of nitrogens with zero attached hydrogens (tertiary/aromatic N) is 2. The molecule has 2 aromatic rings. The molecule has 3 amide bonds. The summed E-state index contributed by atoms with van der Waals surface area (Å²) < 4.78 is 0. The molecule has 8 nitrogen and oxygen atoms in total. The van der Waals surface area contributed by atoms with Crippen molar-refractivity contribution in [2.45, 2.75) is 45.1 Å². The lowest BCUT2D eigenvalue weighted by molar-refractivity contribution is -0.146. The van der Waals surface area contributed by atoms with Crippen molar-refractivity contribution in [3.8, 4) is 5.75 Å². The number of aromatic hydroxyl groups is 1. The zero-order valence-corrected chi connectivity index (χ0v) is 20.4. The van der Waals surface area contributed by atoms with Gasteiger partial charge in [-0.15, -0.1) is 0 Å². The number of likely N-dealkylation sites (tertiary alicyclic amines) is 1. The zero-order valence-electron chi connectivity index (χ0n) is 19.7. The van der Waals surface area contributed by atoms with Gasteiger partial charge in [-0.1, -0.05) is 35.9 Å². The number of aliphatic carboxylic acids is 1. The average molecular weight is 500 g/mol. The van der Waals surface area contributed by atoms with Crippen molar-refractivity contribution in [3.63, 3.8) is 0 Å². The number of carbonyl (C=O) groups excluding carboxylic acids is 2. The van der Waals surface area contributed by atoms with E-state index in [1.165, 1.54) is 0 Å². The van der Waals surface area contributed by atoms with Gasteiger partial charge in [-0.05, 0) is 61.4 Å². The molecule has 0 aliphatic carbocycles. The van der Waals surface area contributed by atoms with Gasteiger partial charge in [0.25, 0.3) is 0 Å². The van der Waals surface area contributed by atoms with Gasteiger partial charge in [0.05, 0.1) is 10.9 Å². The SMILES string of the molecule is Cc1cc(C[C@@H](CC(=O)N2CCC(N3CCc4ccccc4NC3=O)CC2)C(=O)O)cc(Cl)c1O. The minimum absolute atomic E-state index is 0.0248. The highest BCUT2D eigenvalue weighted by atomic mass is 35.5. The van der Waals surface area contributed by atoms with Crippen LogP contribution in [0, 0.1) is 12.8 Å².